The lowest BCUT2D eigenvalue weighted by molar-refractivity contribution is -0.117. The summed E-state index contributed by atoms with van der Waals surface area (Å²) in [4.78, 5) is 61.9. The maximum Gasteiger partial charge on any atom is 0.261 e. The smallest absolute Gasteiger partial charge is 0.261 e. The van der Waals surface area contributed by atoms with E-state index in [0.717, 1.165) is 46.5 Å². The summed E-state index contributed by atoms with van der Waals surface area (Å²) in [7, 11) is 6.42. The van der Waals surface area contributed by atoms with Crippen LogP contribution in [0.4, 0.5) is 28.4 Å². The number of anilines is 4. The number of carbonyl (C=O) groups is 4. The molecule has 0 aliphatic carbocycles. The molecule has 0 aromatic heterocycles. The van der Waals surface area contributed by atoms with E-state index in [1.807, 2.05) is 91.7 Å². The second kappa shape index (κ2) is 19.6. The highest BCUT2D eigenvalue weighted by atomic mass is 33.1. The quantitative estimate of drug-likeness (QED) is 0.0858. The van der Waals surface area contributed by atoms with E-state index < -0.39 is 4.75 Å². The molecule has 352 valence electrons. The van der Waals surface area contributed by atoms with Crippen LogP contribution in [0.15, 0.2) is 96.0 Å². The summed E-state index contributed by atoms with van der Waals surface area (Å²) in [6.45, 7) is 8.54. The molecule has 4 aliphatic rings. The number of Topliss-reactive ketones (excluding diaryl/α,β-unsaturated/α-hetero) is 1. The van der Waals surface area contributed by atoms with Gasteiger partial charge in [-0.2, -0.15) is 0 Å². The SMILES string of the molecule is COc1cc2c(cc1OCc1cc(COc3cc4c(cc3OC)C(=O)N3c5ccccc5C[C@H]3CN4)cc(NC(=O)CC(C)(C)SSC(C)CCC(C)=O)c1)N=C[C@@H]1Cc3ccccc3N1C2=O. The molecule has 4 aliphatic heterocycles. The number of ketones is 1. The molecule has 0 fully saturated rings. The van der Waals surface area contributed by atoms with Crippen molar-refractivity contribution in [3.8, 4) is 23.0 Å². The third kappa shape index (κ3) is 9.91. The molecule has 2 N–H and O–H groups in total. The Morgan fingerprint density at radius 1 is 0.809 bits per heavy atom. The number of benzene rings is 5. The fourth-order valence-corrected chi connectivity index (χ4v) is 11.8. The van der Waals surface area contributed by atoms with Gasteiger partial charge in [0.15, 0.2) is 23.0 Å². The van der Waals surface area contributed by atoms with Crippen molar-refractivity contribution in [2.24, 2.45) is 4.99 Å². The van der Waals surface area contributed by atoms with Crippen molar-refractivity contribution in [3.63, 3.8) is 0 Å². The van der Waals surface area contributed by atoms with Gasteiger partial charge in [-0.15, -0.1) is 0 Å². The second-order valence-corrected chi connectivity index (χ2v) is 21.6. The van der Waals surface area contributed by atoms with Crippen LogP contribution < -0.4 is 39.4 Å². The molecule has 1 unspecified atom stereocenters. The average Bonchev–Trinajstić information content (AvgIpc) is 3.81. The highest BCUT2D eigenvalue weighted by Crippen LogP contribution is 2.44. The standard InChI is InChI=1S/C53H55N5O8S2/c1-31(59)15-16-32(2)67-68-53(3,4)26-50(60)56-37-18-33(29-65-48-24-42-40(22-46(48)63-5)51(61)57-38(27-54-42)20-35-11-7-9-13-44(35)57)17-34(19-37)30-66-49-25-43-41(23-47(49)64-6)52(62)58-39(28-55-43)21-36-12-8-10-14-45(36)58/h7-14,17-19,22-25,27,32,38-39,55H,15-16,20-21,26,28-30H2,1-6H3,(H,56,60)/t32?,38-,39-/m0/s1. The molecule has 0 bridgehead atoms. The predicted octanol–water partition coefficient (Wildman–Crippen LogP) is 10.4. The molecule has 3 amide bonds. The van der Waals surface area contributed by atoms with Crippen LogP contribution >= 0.6 is 21.6 Å². The van der Waals surface area contributed by atoms with Crippen LogP contribution in [-0.2, 0) is 35.6 Å². The summed E-state index contributed by atoms with van der Waals surface area (Å²) < 4.78 is 24.2. The number of aliphatic imine (C=N–C) groups is 1. The molecule has 5 aromatic rings. The first-order chi connectivity index (χ1) is 32.8. The number of rotatable bonds is 17. The third-order valence-corrected chi connectivity index (χ3v) is 16.4. The van der Waals surface area contributed by atoms with Crippen molar-refractivity contribution in [3.05, 3.63) is 124 Å². The van der Waals surface area contributed by atoms with Crippen molar-refractivity contribution in [2.45, 2.75) is 95.1 Å². The lowest BCUT2D eigenvalue weighted by Gasteiger charge is -2.24. The van der Waals surface area contributed by atoms with Crippen LogP contribution in [0.25, 0.3) is 0 Å². The number of hydrogen-bond donors (Lipinski definition) is 2. The largest absolute Gasteiger partial charge is 0.493 e. The van der Waals surface area contributed by atoms with Crippen LogP contribution in [0.2, 0.25) is 0 Å². The summed E-state index contributed by atoms with van der Waals surface area (Å²) in [6, 6.07) is 28.4. The van der Waals surface area contributed by atoms with E-state index in [9.17, 15) is 19.2 Å². The second-order valence-electron chi connectivity index (χ2n) is 18.3. The topological polar surface area (TPSA) is 148 Å². The van der Waals surface area contributed by atoms with Crippen LogP contribution in [0.5, 0.6) is 23.0 Å². The molecule has 0 saturated heterocycles. The lowest BCUT2D eigenvalue weighted by Crippen LogP contribution is -2.39. The molecule has 0 spiro atoms. The number of carbonyl (C=O) groups excluding carboxylic acids is 4. The number of methoxy groups -OCH3 is 2. The Bertz CT molecular complexity index is 2830. The molecule has 5 aromatic carbocycles. The number of amides is 3. The molecule has 15 heteroatoms. The van der Waals surface area contributed by atoms with E-state index in [2.05, 4.69) is 23.6 Å². The first-order valence-electron chi connectivity index (χ1n) is 22.8. The number of fused-ring (bicyclic) bond motifs is 8. The Kier molecular flexibility index (Phi) is 13.5. The van der Waals surface area contributed by atoms with Crippen LogP contribution in [-0.4, -0.2) is 72.6 Å². The number of hydrogen-bond acceptors (Lipinski definition) is 12. The number of nitrogens with zero attached hydrogens (tertiary/aromatic N) is 3. The fourth-order valence-electron chi connectivity index (χ4n) is 9.21. The number of para-hydroxylation sites is 2. The molecule has 0 saturated carbocycles. The summed E-state index contributed by atoms with van der Waals surface area (Å²) in [6.07, 6.45) is 4.83. The molecular weight excluding hydrogens is 899 g/mol. The summed E-state index contributed by atoms with van der Waals surface area (Å²) in [5.41, 5.74) is 8.14. The van der Waals surface area contributed by atoms with Gasteiger partial charge in [0.2, 0.25) is 5.91 Å². The van der Waals surface area contributed by atoms with Gasteiger partial charge in [0.25, 0.3) is 11.8 Å². The Labute approximate surface area is 404 Å². The summed E-state index contributed by atoms with van der Waals surface area (Å²) in [5.74, 6) is 1.40. The Morgan fingerprint density at radius 3 is 2.10 bits per heavy atom. The minimum Gasteiger partial charge on any atom is -0.493 e. The number of ether oxygens (including phenoxy) is 4. The predicted molar refractivity (Wildman–Crippen MR) is 271 cm³/mol. The normalized spacial score (nSPS) is 17.0. The molecule has 0 radical (unpaired) electrons. The summed E-state index contributed by atoms with van der Waals surface area (Å²) >= 11 is 0. The molecule has 9 rings (SSSR count). The van der Waals surface area contributed by atoms with Gasteiger partial charge in [-0.05, 0) is 98.3 Å². The van der Waals surface area contributed by atoms with Gasteiger partial charge in [-0.1, -0.05) is 64.9 Å². The van der Waals surface area contributed by atoms with E-state index in [-0.39, 0.29) is 60.5 Å². The number of nitrogens with one attached hydrogen (secondary N) is 2. The molecule has 4 heterocycles. The molecular formula is C53H55N5O8S2. The lowest BCUT2D eigenvalue weighted by atomic mass is 10.1. The van der Waals surface area contributed by atoms with Gasteiger partial charge in [0.05, 0.1) is 48.8 Å². The van der Waals surface area contributed by atoms with E-state index in [4.69, 9.17) is 23.9 Å². The Balaban J connectivity index is 0.957. The van der Waals surface area contributed by atoms with Gasteiger partial charge in [-0.25, -0.2) is 0 Å². The zero-order chi connectivity index (χ0) is 47.7. The van der Waals surface area contributed by atoms with Crippen molar-refractivity contribution >= 4 is 79.7 Å². The highest BCUT2D eigenvalue weighted by Gasteiger charge is 2.39. The maximum atomic E-state index is 14.1. The minimum absolute atomic E-state index is 0.0256. The first-order valence-corrected chi connectivity index (χ1v) is 25.1. The summed E-state index contributed by atoms with van der Waals surface area (Å²) in [5, 5.41) is 6.88. The monoisotopic (exact) mass is 953 g/mol. The van der Waals surface area contributed by atoms with Crippen LogP contribution in [0.3, 0.4) is 0 Å². The molecule has 13 nitrogen and oxygen atoms in total. The average molecular weight is 954 g/mol. The zero-order valence-electron chi connectivity index (χ0n) is 39.1. The van der Waals surface area contributed by atoms with Crippen molar-refractivity contribution in [1.82, 2.24) is 0 Å². The van der Waals surface area contributed by atoms with Crippen LogP contribution in [0, 0.1) is 0 Å². The van der Waals surface area contributed by atoms with Gasteiger partial charge < -0.3 is 39.3 Å². The first kappa shape index (κ1) is 46.7. The van der Waals surface area contributed by atoms with Crippen molar-refractivity contribution in [2.75, 3.05) is 41.2 Å². The van der Waals surface area contributed by atoms with E-state index in [1.165, 1.54) is 7.11 Å². The van der Waals surface area contributed by atoms with Gasteiger partial charge in [0, 0.05) is 71.2 Å². The zero-order valence-corrected chi connectivity index (χ0v) is 40.7. The van der Waals surface area contributed by atoms with E-state index in [0.29, 0.717) is 70.6 Å². The van der Waals surface area contributed by atoms with Gasteiger partial charge >= 0.3 is 0 Å². The Morgan fingerprint density at radius 2 is 1.43 bits per heavy atom. The molecule has 3 atom stereocenters. The van der Waals surface area contributed by atoms with Gasteiger partial charge in [0.1, 0.15) is 19.0 Å². The third-order valence-electron chi connectivity index (χ3n) is 12.5. The molecule has 68 heavy (non-hydrogen) atoms. The van der Waals surface area contributed by atoms with Crippen molar-refractivity contribution in [1.29, 1.82) is 0 Å². The van der Waals surface area contributed by atoms with E-state index in [1.54, 1.807) is 58.7 Å². The van der Waals surface area contributed by atoms with Crippen molar-refractivity contribution < 1.29 is 38.1 Å². The Hall–Kier alpha value is -6.45. The fraction of sp³-hybridized carbons (Fsp3) is 0.340. The highest BCUT2D eigenvalue weighted by molar-refractivity contribution is 8.77. The van der Waals surface area contributed by atoms with E-state index >= 15 is 0 Å². The minimum atomic E-state index is -0.396. The van der Waals surface area contributed by atoms with Gasteiger partial charge in [-0.3, -0.25) is 24.3 Å². The maximum absolute atomic E-state index is 14.1. The van der Waals surface area contributed by atoms with Crippen LogP contribution in [0.1, 0.15) is 89.9 Å².